The van der Waals surface area contributed by atoms with E-state index in [1.807, 2.05) is 24.3 Å². The van der Waals surface area contributed by atoms with Gasteiger partial charge in [0.15, 0.2) is 4.33 Å². The molecule has 19 heavy (non-hydrogen) atoms. The molecule has 0 radical (unpaired) electrons. The molecule has 2 aliphatic carbocycles. The van der Waals surface area contributed by atoms with E-state index in [-0.39, 0.29) is 5.92 Å². The highest BCUT2D eigenvalue weighted by Crippen LogP contribution is 2.78. The summed E-state index contributed by atoms with van der Waals surface area (Å²) in [5.74, 6) is -0.000525. The summed E-state index contributed by atoms with van der Waals surface area (Å²) in [6, 6.07) is 16.5. The Morgan fingerprint density at radius 3 is 2.32 bits per heavy atom. The topological polar surface area (TPSA) is 9.23 Å². The number of methoxy groups -OCH3 is 1. The summed E-state index contributed by atoms with van der Waals surface area (Å²) in [4.78, 5) is 0. The van der Waals surface area contributed by atoms with Gasteiger partial charge in [-0.25, -0.2) is 0 Å². The highest BCUT2D eigenvalue weighted by atomic mass is 35.5. The Kier molecular flexibility index (Phi) is 2.20. The molecule has 0 saturated heterocycles. The molecule has 0 spiro atoms. The monoisotopic (exact) mass is 290 g/mol. The second-order valence-electron chi connectivity index (χ2n) is 5.13. The summed E-state index contributed by atoms with van der Waals surface area (Å²) in [7, 11) is 1.68. The summed E-state index contributed by atoms with van der Waals surface area (Å²) in [5.41, 5.74) is 4.03. The zero-order valence-corrected chi connectivity index (χ0v) is 11.9. The molecular formula is C16H12Cl2O. The van der Waals surface area contributed by atoms with Crippen molar-refractivity contribution in [2.45, 2.75) is 15.9 Å². The second kappa shape index (κ2) is 3.54. The van der Waals surface area contributed by atoms with Crippen LogP contribution < -0.4 is 0 Å². The van der Waals surface area contributed by atoms with Crippen LogP contribution in [-0.2, 0) is 10.3 Å². The van der Waals surface area contributed by atoms with E-state index in [0.29, 0.717) is 0 Å². The lowest BCUT2D eigenvalue weighted by atomic mass is 9.84. The molecule has 1 nitrogen and oxygen atoms in total. The maximum absolute atomic E-state index is 6.57. The van der Waals surface area contributed by atoms with Crippen LogP contribution in [0.15, 0.2) is 48.5 Å². The molecule has 3 heteroatoms. The third-order valence-corrected chi connectivity index (χ3v) is 5.39. The highest BCUT2D eigenvalue weighted by Gasteiger charge is 2.80. The number of halogens is 2. The van der Waals surface area contributed by atoms with Crippen LogP contribution in [0.2, 0.25) is 0 Å². The maximum Gasteiger partial charge on any atom is 0.161 e. The first kappa shape index (κ1) is 11.8. The number of hydrogen-bond donors (Lipinski definition) is 0. The van der Waals surface area contributed by atoms with Crippen LogP contribution in [0.4, 0.5) is 0 Å². The van der Waals surface area contributed by atoms with Crippen molar-refractivity contribution in [2.75, 3.05) is 7.11 Å². The van der Waals surface area contributed by atoms with Crippen LogP contribution in [0.25, 0.3) is 11.1 Å². The molecule has 0 heterocycles. The standard InChI is InChI=1S/C16H12Cl2O/c1-19-15-13-9-5-4-7-11(13)10-6-2-3-8-12(10)14(15)16(15,17)18/h2-9,14H,1H3/t14-,15-/m1/s1. The van der Waals surface area contributed by atoms with E-state index in [1.54, 1.807) is 7.11 Å². The van der Waals surface area contributed by atoms with Crippen LogP contribution in [-0.4, -0.2) is 11.4 Å². The highest BCUT2D eigenvalue weighted by molar-refractivity contribution is 6.53. The molecule has 2 aromatic rings. The molecule has 4 rings (SSSR count). The van der Waals surface area contributed by atoms with Gasteiger partial charge in [0.1, 0.15) is 5.60 Å². The fraction of sp³-hybridized carbons (Fsp3) is 0.250. The molecule has 0 bridgehead atoms. The average Bonchev–Trinajstić information content (AvgIpc) is 2.97. The van der Waals surface area contributed by atoms with E-state index in [2.05, 4.69) is 24.3 Å². The third kappa shape index (κ3) is 1.17. The van der Waals surface area contributed by atoms with Gasteiger partial charge >= 0.3 is 0 Å². The first-order chi connectivity index (χ1) is 9.14. The van der Waals surface area contributed by atoms with Gasteiger partial charge in [-0.3, -0.25) is 0 Å². The maximum atomic E-state index is 6.57. The molecule has 0 aliphatic heterocycles. The van der Waals surface area contributed by atoms with Crippen LogP contribution in [0.5, 0.6) is 0 Å². The van der Waals surface area contributed by atoms with Crippen molar-refractivity contribution in [1.82, 2.24) is 0 Å². The lowest BCUT2D eigenvalue weighted by Gasteiger charge is -2.26. The normalized spacial score (nSPS) is 29.1. The fourth-order valence-corrected chi connectivity index (χ4v) is 4.54. The van der Waals surface area contributed by atoms with Crippen molar-refractivity contribution in [3.63, 3.8) is 0 Å². The van der Waals surface area contributed by atoms with E-state index in [1.165, 1.54) is 16.7 Å². The van der Waals surface area contributed by atoms with Crippen LogP contribution >= 0.6 is 23.2 Å². The average molecular weight is 291 g/mol. The number of ether oxygens (including phenoxy) is 1. The predicted octanol–water partition coefficient (Wildman–Crippen LogP) is 4.48. The summed E-state index contributed by atoms with van der Waals surface area (Å²) in [6.45, 7) is 0. The van der Waals surface area contributed by atoms with Gasteiger partial charge in [0.25, 0.3) is 0 Å². The molecule has 0 unspecified atom stereocenters. The van der Waals surface area contributed by atoms with Crippen molar-refractivity contribution in [2.24, 2.45) is 0 Å². The second-order valence-corrected chi connectivity index (χ2v) is 6.51. The number of alkyl halides is 2. The van der Waals surface area contributed by atoms with Gasteiger partial charge in [-0.1, -0.05) is 71.7 Å². The van der Waals surface area contributed by atoms with E-state index in [9.17, 15) is 0 Å². The molecule has 0 amide bonds. The predicted molar refractivity (Wildman–Crippen MR) is 77.7 cm³/mol. The molecule has 96 valence electrons. The number of hydrogen-bond acceptors (Lipinski definition) is 1. The van der Waals surface area contributed by atoms with Crippen molar-refractivity contribution < 1.29 is 4.74 Å². The first-order valence-electron chi connectivity index (χ1n) is 6.26. The fourth-order valence-electron chi connectivity index (χ4n) is 3.53. The molecule has 2 aliphatic rings. The molecule has 0 N–H and O–H groups in total. The summed E-state index contributed by atoms with van der Waals surface area (Å²) >= 11 is 13.1. The SMILES string of the molecule is CO[C@]12c3ccccc3-c3ccccc3[C@H]1C2(Cl)Cl. The Hall–Kier alpha value is -1.02. The van der Waals surface area contributed by atoms with E-state index >= 15 is 0 Å². The minimum absolute atomic E-state index is 0.000525. The van der Waals surface area contributed by atoms with Crippen molar-refractivity contribution >= 4 is 23.2 Å². The van der Waals surface area contributed by atoms with Crippen LogP contribution in [0.3, 0.4) is 0 Å². The van der Waals surface area contributed by atoms with Gasteiger partial charge in [-0.2, -0.15) is 0 Å². The van der Waals surface area contributed by atoms with Gasteiger partial charge in [0.2, 0.25) is 0 Å². The minimum atomic E-state index is -0.898. The Labute approximate surface area is 122 Å². The third-order valence-electron chi connectivity index (χ3n) is 4.39. The molecule has 1 saturated carbocycles. The Morgan fingerprint density at radius 2 is 1.58 bits per heavy atom. The van der Waals surface area contributed by atoms with Gasteiger partial charge < -0.3 is 4.74 Å². The molecule has 2 aromatic carbocycles. The van der Waals surface area contributed by atoms with Crippen molar-refractivity contribution in [3.05, 3.63) is 59.7 Å². The molecule has 1 fully saturated rings. The van der Waals surface area contributed by atoms with Gasteiger partial charge in [0, 0.05) is 7.11 Å². The van der Waals surface area contributed by atoms with E-state index < -0.39 is 9.93 Å². The largest absolute Gasteiger partial charge is 0.370 e. The van der Waals surface area contributed by atoms with Gasteiger partial charge in [0.05, 0.1) is 5.92 Å². The summed E-state index contributed by atoms with van der Waals surface area (Å²) in [6.07, 6.45) is 0. The number of fused-ring (bicyclic) bond motifs is 6. The lowest BCUT2D eigenvalue weighted by Crippen LogP contribution is -2.21. The zero-order valence-electron chi connectivity index (χ0n) is 10.4. The molecule has 0 aromatic heterocycles. The smallest absolute Gasteiger partial charge is 0.161 e. The summed E-state index contributed by atoms with van der Waals surface area (Å²) < 4.78 is 4.89. The van der Waals surface area contributed by atoms with Gasteiger partial charge in [-0.05, 0) is 22.3 Å². The van der Waals surface area contributed by atoms with Crippen molar-refractivity contribution in [1.29, 1.82) is 0 Å². The number of rotatable bonds is 1. The van der Waals surface area contributed by atoms with E-state index in [4.69, 9.17) is 27.9 Å². The zero-order chi connectivity index (χ0) is 13.3. The van der Waals surface area contributed by atoms with Crippen molar-refractivity contribution in [3.8, 4) is 11.1 Å². The van der Waals surface area contributed by atoms with Gasteiger partial charge in [-0.15, -0.1) is 0 Å². The Morgan fingerprint density at radius 1 is 0.947 bits per heavy atom. The quantitative estimate of drug-likeness (QED) is 0.704. The Balaban J connectivity index is 2.11. The minimum Gasteiger partial charge on any atom is -0.370 e. The first-order valence-corrected chi connectivity index (χ1v) is 7.02. The molecular weight excluding hydrogens is 279 g/mol. The summed E-state index contributed by atoms with van der Waals surface area (Å²) in [5, 5.41) is 0. The van der Waals surface area contributed by atoms with Crippen LogP contribution in [0.1, 0.15) is 17.0 Å². The number of benzene rings is 2. The molecule has 2 atom stereocenters. The Bertz CT molecular complexity index is 680. The lowest BCUT2D eigenvalue weighted by molar-refractivity contribution is 0.0701. The van der Waals surface area contributed by atoms with E-state index in [0.717, 1.165) is 5.56 Å². The van der Waals surface area contributed by atoms with Crippen LogP contribution in [0, 0.1) is 0 Å².